The van der Waals surface area contributed by atoms with Gasteiger partial charge in [-0.1, -0.05) is 12.1 Å². The molecule has 0 unspecified atom stereocenters. The minimum absolute atomic E-state index is 0.0257. The number of Topliss-reactive ketones (excluding diaryl/α,β-unsaturated/α-hetero) is 2. The predicted octanol–water partition coefficient (Wildman–Crippen LogP) is -0.971. The van der Waals surface area contributed by atoms with Gasteiger partial charge < -0.3 is 36.0 Å². The fourth-order valence-corrected chi connectivity index (χ4v) is 6.99. The van der Waals surface area contributed by atoms with Crippen molar-refractivity contribution in [3.05, 3.63) is 46.2 Å². The smallest absolute Gasteiger partial charge is 0.320 e. The zero-order valence-corrected chi connectivity index (χ0v) is 24.8. The van der Waals surface area contributed by atoms with Gasteiger partial charge in [0.25, 0.3) is 5.91 Å². The molecule has 0 heterocycles. The van der Waals surface area contributed by atoms with Crippen LogP contribution in [0.2, 0.25) is 0 Å². The lowest BCUT2D eigenvalue weighted by atomic mass is 9.54. The number of nitrogens with one attached hydrogen (secondary N) is 2. The molecule has 0 saturated heterocycles. The molecule has 234 valence electrons. The van der Waals surface area contributed by atoms with Crippen molar-refractivity contribution in [3.63, 3.8) is 0 Å². The fourth-order valence-electron chi connectivity index (χ4n) is 6.42. The highest BCUT2D eigenvalue weighted by atomic mass is 32.2. The highest BCUT2D eigenvalue weighted by molar-refractivity contribution is 7.84. The average Bonchev–Trinajstić information content (AvgIpc) is 2.90. The molecule has 0 radical (unpaired) electrons. The average molecular weight is 622 g/mol. The molecule has 7 atom stereocenters. The second-order valence-corrected chi connectivity index (χ2v) is 13.0. The number of aromatic hydroxyl groups is 1. The van der Waals surface area contributed by atoms with Crippen molar-refractivity contribution in [2.45, 2.75) is 43.1 Å². The summed E-state index contributed by atoms with van der Waals surface area (Å²) in [4.78, 5) is 53.9. The number of aliphatic hydroxyl groups excluding tert-OH is 2. The van der Waals surface area contributed by atoms with Crippen LogP contribution in [0.5, 0.6) is 5.75 Å². The van der Waals surface area contributed by atoms with Gasteiger partial charge in [0.1, 0.15) is 28.9 Å². The molecule has 8 N–H and O–H groups in total. The normalized spacial score (nSPS) is 30.0. The van der Waals surface area contributed by atoms with Crippen molar-refractivity contribution in [2.24, 2.45) is 11.8 Å². The number of phenolic OH excluding ortho intramolecular Hbond substituents is 1. The van der Waals surface area contributed by atoms with Crippen molar-refractivity contribution in [1.82, 2.24) is 15.5 Å². The van der Waals surface area contributed by atoms with E-state index in [0.717, 1.165) is 0 Å². The van der Waals surface area contributed by atoms with E-state index in [2.05, 4.69) is 10.6 Å². The van der Waals surface area contributed by atoms with Crippen molar-refractivity contribution in [2.75, 3.05) is 32.8 Å². The maximum Gasteiger partial charge on any atom is 0.320 e. The van der Waals surface area contributed by atoms with Crippen molar-refractivity contribution < 1.29 is 54.0 Å². The number of rotatable bonds is 9. The van der Waals surface area contributed by atoms with E-state index >= 15 is 0 Å². The van der Waals surface area contributed by atoms with Gasteiger partial charge in [-0.05, 0) is 45.5 Å². The standard InChI is InChI=1S/C28H35N3O11S/c1-27(40)12-6-5-7-16(32)17(12)21(33)18-13(27)10-14-20(31(2)3)22(34)19(24(36)28(14,41)23(18)35)25(37)30-11-29-15(26(38)39)8-9-43(4)42/h5-7,13-15,20,29,32-33,36,40-41H,8-11H2,1-4H3,(H,30,37)(H,38,39)/t13-,14-,15-,20-,27-,28-,43-/m0/s1. The molecular weight excluding hydrogens is 586 g/mol. The number of carbonyl (C=O) groups is 4. The maximum atomic E-state index is 14.1. The quantitative estimate of drug-likeness (QED) is 0.123. The van der Waals surface area contributed by atoms with Gasteiger partial charge in [-0.2, -0.15) is 0 Å². The van der Waals surface area contributed by atoms with Gasteiger partial charge in [0.2, 0.25) is 5.78 Å². The number of amides is 1. The molecule has 0 bridgehead atoms. The van der Waals surface area contributed by atoms with E-state index in [1.165, 1.54) is 50.4 Å². The number of aliphatic hydroxyl groups is 4. The molecule has 4 rings (SSSR count). The number of hydrogen-bond acceptors (Lipinski definition) is 12. The van der Waals surface area contributed by atoms with Crippen LogP contribution in [0.25, 0.3) is 5.76 Å². The third-order valence-electron chi connectivity index (χ3n) is 8.59. The first-order chi connectivity index (χ1) is 20.0. The van der Waals surface area contributed by atoms with Crippen LogP contribution in [0.3, 0.4) is 0 Å². The van der Waals surface area contributed by atoms with Crippen LogP contribution in [0.1, 0.15) is 30.9 Å². The van der Waals surface area contributed by atoms with Crippen LogP contribution >= 0.6 is 0 Å². The molecule has 43 heavy (non-hydrogen) atoms. The number of ketones is 2. The van der Waals surface area contributed by atoms with Crippen LogP contribution in [-0.2, 0) is 35.6 Å². The molecule has 0 spiro atoms. The summed E-state index contributed by atoms with van der Waals surface area (Å²) in [6.07, 6.45) is 1.10. The molecule has 3 aliphatic carbocycles. The van der Waals surface area contributed by atoms with E-state index in [1.54, 1.807) is 0 Å². The van der Waals surface area contributed by atoms with Crippen LogP contribution in [0.15, 0.2) is 35.1 Å². The number of phenols is 1. The van der Waals surface area contributed by atoms with Crippen LogP contribution in [-0.4, -0.2) is 114 Å². The third kappa shape index (κ3) is 5.14. The first-order valence-corrected chi connectivity index (χ1v) is 15.1. The van der Waals surface area contributed by atoms with Gasteiger partial charge >= 0.3 is 5.97 Å². The van der Waals surface area contributed by atoms with E-state index < -0.39 is 104 Å². The van der Waals surface area contributed by atoms with Crippen molar-refractivity contribution in [3.8, 4) is 5.75 Å². The molecule has 15 heteroatoms. The lowest BCUT2D eigenvalue weighted by Gasteiger charge is -2.53. The van der Waals surface area contributed by atoms with Gasteiger partial charge in [-0.25, -0.2) is 0 Å². The number of fused-ring (bicyclic) bond motifs is 3. The summed E-state index contributed by atoms with van der Waals surface area (Å²) < 4.78 is 11.4. The lowest BCUT2D eigenvalue weighted by molar-refractivity contribution is -0.159. The monoisotopic (exact) mass is 621 g/mol. The molecule has 1 saturated carbocycles. The largest absolute Gasteiger partial charge is 0.508 e. The first kappa shape index (κ1) is 32.3. The molecular formula is C28H35N3O11S. The molecule has 1 amide bonds. The molecule has 0 aliphatic heterocycles. The van der Waals surface area contributed by atoms with Gasteiger partial charge in [0, 0.05) is 40.2 Å². The Morgan fingerprint density at radius 2 is 1.81 bits per heavy atom. The number of likely N-dealkylation sites (N-methyl/N-ethyl adjacent to an activating group) is 1. The first-order valence-electron chi connectivity index (χ1n) is 13.4. The van der Waals surface area contributed by atoms with E-state index in [0.29, 0.717) is 0 Å². The number of benzene rings is 1. The summed E-state index contributed by atoms with van der Waals surface area (Å²) in [7, 11) is 1.67. The molecule has 14 nitrogen and oxygen atoms in total. The highest BCUT2D eigenvalue weighted by Crippen LogP contribution is 2.57. The summed E-state index contributed by atoms with van der Waals surface area (Å²) in [6.45, 7) is 0.880. The Morgan fingerprint density at radius 3 is 2.40 bits per heavy atom. The fraction of sp³-hybridized carbons (Fsp3) is 0.500. The molecule has 3 aliphatic rings. The van der Waals surface area contributed by atoms with E-state index in [-0.39, 0.29) is 29.7 Å². The zero-order valence-electron chi connectivity index (χ0n) is 23.9. The Hall–Kier alpha value is -3.63. The van der Waals surface area contributed by atoms with Gasteiger partial charge in [0.15, 0.2) is 11.4 Å². The summed E-state index contributed by atoms with van der Waals surface area (Å²) in [5.41, 5.74) is -6.24. The zero-order chi connectivity index (χ0) is 32.2. The number of nitrogens with zero attached hydrogens (tertiary/aromatic N) is 1. The predicted molar refractivity (Wildman–Crippen MR) is 152 cm³/mol. The maximum absolute atomic E-state index is 14.1. The Kier molecular flexibility index (Phi) is 8.61. The molecule has 1 fully saturated rings. The van der Waals surface area contributed by atoms with Crippen molar-refractivity contribution in [1.29, 1.82) is 0 Å². The second-order valence-electron chi connectivity index (χ2n) is 11.4. The van der Waals surface area contributed by atoms with Crippen LogP contribution < -0.4 is 10.6 Å². The molecule has 1 aromatic carbocycles. The minimum Gasteiger partial charge on any atom is -0.508 e. The Balaban J connectivity index is 1.76. The van der Waals surface area contributed by atoms with Gasteiger partial charge in [0.05, 0.1) is 23.9 Å². The lowest BCUT2D eigenvalue weighted by Crippen LogP contribution is -2.67. The number of hydrogen-bond donors (Lipinski definition) is 8. The third-order valence-corrected chi connectivity index (χ3v) is 9.40. The highest BCUT2D eigenvalue weighted by Gasteiger charge is 2.66. The van der Waals surface area contributed by atoms with Crippen LogP contribution in [0, 0.1) is 11.8 Å². The Bertz CT molecular complexity index is 1480. The SMILES string of the molecule is CN(C)[C@@H]1C(=O)C(C(=O)NCN[C@@H](CC[S@](C)=O)C(=O)O)=C(O)[C@@]2(O)C(=O)C3=C(O)c4c(O)cccc4[C@](C)(O)[C@H]3C[C@@H]12. The van der Waals surface area contributed by atoms with E-state index in [9.17, 15) is 54.0 Å². The molecule has 0 aromatic heterocycles. The van der Waals surface area contributed by atoms with Gasteiger partial charge in [-0.3, -0.25) is 33.6 Å². The summed E-state index contributed by atoms with van der Waals surface area (Å²) in [5, 5.41) is 70.6. The summed E-state index contributed by atoms with van der Waals surface area (Å²) in [6, 6.07) is 1.62. The number of carboxylic acids is 1. The molecule has 1 aromatic rings. The number of carboxylic acid groups (broad SMARTS) is 1. The number of carbonyl (C=O) groups excluding carboxylic acids is 3. The second kappa shape index (κ2) is 11.5. The summed E-state index contributed by atoms with van der Waals surface area (Å²) >= 11 is 0. The summed E-state index contributed by atoms with van der Waals surface area (Å²) in [5.74, 6) is -9.51. The van der Waals surface area contributed by atoms with Gasteiger partial charge in [-0.15, -0.1) is 0 Å². The van der Waals surface area contributed by atoms with E-state index in [4.69, 9.17) is 0 Å². The Labute approximate surface area is 249 Å². The van der Waals surface area contributed by atoms with Crippen LogP contribution in [0.4, 0.5) is 0 Å². The minimum atomic E-state index is -2.88. The Morgan fingerprint density at radius 1 is 1.16 bits per heavy atom. The van der Waals surface area contributed by atoms with E-state index in [1.807, 2.05) is 0 Å². The topological polar surface area (TPSA) is 234 Å². The number of aliphatic carboxylic acids is 1. The van der Waals surface area contributed by atoms with Crippen molar-refractivity contribution >= 4 is 40.0 Å².